The Morgan fingerprint density at radius 1 is 1.47 bits per heavy atom. The first-order chi connectivity index (χ1) is 9.19. The largest absolute Gasteiger partial charge is 0.399 e. The van der Waals surface area contributed by atoms with Gasteiger partial charge in [-0.25, -0.2) is 4.98 Å². The van der Waals surface area contributed by atoms with Crippen LogP contribution in [0.3, 0.4) is 0 Å². The molecule has 0 bridgehead atoms. The molecule has 0 aliphatic rings. The van der Waals surface area contributed by atoms with Gasteiger partial charge in [0.15, 0.2) is 5.13 Å². The highest BCUT2D eigenvalue weighted by atomic mass is 32.1. The van der Waals surface area contributed by atoms with Gasteiger partial charge in [0.25, 0.3) is 0 Å². The zero-order chi connectivity index (χ0) is 13.7. The SMILES string of the molecule is CCCOCCC(=O)Nc1nc2ccc(N)cc2s1. The average Bonchev–Trinajstić information content (AvgIpc) is 2.76. The van der Waals surface area contributed by atoms with Crippen LogP contribution in [0.4, 0.5) is 10.8 Å². The fourth-order valence-electron chi connectivity index (χ4n) is 1.59. The predicted octanol–water partition coefficient (Wildman–Crippen LogP) is 2.63. The summed E-state index contributed by atoms with van der Waals surface area (Å²) in [4.78, 5) is 16.0. The third-order valence-electron chi connectivity index (χ3n) is 2.48. The summed E-state index contributed by atoms with van der Waals surface area (Å²) in [6.07, 6.45) is 1.30. The molecular weight excluding hydrogens is 262 g/mol. The Morgan fingerprint density at radius 3 is 3.11 bits per heavy atom. The highest BCUT2D eigenvalue weighted by molar-refractivity contribution is 7.22. The van der Waals surface area contributed by atoms with Crippen LogP contribution >= 0.6 is 11.3 Å². The number of nitrogens with two attached hydrogens (primary N) is 1. The molecule has 3 N–H and O–H groups in total. The summed E-state index contributed by atoms with van der Waals surface area (Å²) >= 11 is 1.42. The number of hydrogen-bond donors (Lipinski definition) is 2. The van der Waals surface area contributed by atoms with Crippen LogP contribution < -0.4 is 11.1 Å². The maximum absolute atomic E-state index is 11.7. The number of nitrogen functional groups attached to an aromatic ring is 1. The molecule has 6 heteroatoms. The third kappa shape index (κ3) is 3.90. The predicted molar refractivity (Wildman–Crippen MR) is 78.4 cm³/mol. The van der Waals surface area contributed by atoms with Gasteiger partial charge >= 0.3 is 0 Å². The molecule has 0 aliphatic heterocycles. The molecule has 0 fully saturated rings. The Kier molecular flexibility index (Phi) is 4.70. The van der Waals surface area contributed by atoms with Gasteiger partial charge in [-0.1, -0.05) is 18.3 Å². The van der Waals surface area contributed by atoms with Crippen molar-refractivity contribution in [3.63, 3.8) is 0 Å². The first-order valence-electron chi connectivity index (χ1n) is 6.22. The molecule has 2 aromatic rings. The second-order valence-electron chi connectivity index (χ2n) is 4.16. The molecule has 0 saturated heterocycles. The van der Waals surface area contributed by atoms with Crippen molar-refractivity contribution in [2.45, 2.75) is 19.8 Å². The van der Waals surface area contributed by atoms with E-state index in [1.807, 2.05) is 19.1 Å². The molecule has 0 spiro atoms. The van der Waals surface area contributed by atoms with E-state index >= 15 is 0 Å². The van der Waals surface area contributed by atoms with Crippen LogP contribution in [-0.2, 0) is 9.53 Å². The van der Waals surface area contributed by atoms with Crippen LogP contribution in [0.5, 0.6) is 0 Å². The lowest BCUT2D eigenvalue weighted by Gasteiger charge is -2.02. The van der Waals surface area contributed by atoms with Crippen LogP contribution in [0.25, 0.3) is 10.2 Å². The number of hydrogen-bond acceptors (Lipinski definition) is 5. The van der Waals surface area contributed by atoms with Crippen LogP contribution in [-0.4, -0.2) is 24.1 Å². The highest BCUT2D eigenvalue weighted by Crippen LogP contribution is 2.27. The number of ether oxygens (including phenoxy) is 1. The first kappa shape index (κ1) is 13.8. The Labute approximate surface area is 115 Å². The minimum atomic E-state index is -0.0804. The van der Waals surface area contributed by atoms with Gasteiger partial charge < -0.3 is 15.8 Å². The number of rotatable bonds is 6. The molecular formula is C13H17N3O2S. The van der Waals surface area contributed by atoms with Gasteiger partial charge in [-0.3, -0.25) is 4.79 Å². The molecule has 102 valence electrons. The van der Waals surface area contributed by atoms with Crippen molar-refractivity contribution >= 4 is 38.3 Å². The lowest BCUT2D eigenvalue weighted by Crippen LogP contribution is -2.14. The molecule has 0 atom stereocenters. The number of carbonyl (C=O) groups is 1. The fraction of sp³-hybridized carbons (Fsp3) is 0.385. The van der Waals surface area contributed by atoms with Crippen molar-refractivity contribution in [2.24, 2.45) is 0 Å². The molecule has 1 aromatic heterocycles. The third-order valence-corrected chi connectivity index (χ3v) is 3.41. The summed E-state index contributed by atoms with van der Waals surface area (Å²) in [5.74, 6) is -0.0804. The standard InChI is InChI=1S/C13H17N3O2S/c1-2-6-18-7-5-12(17)16-13-15-10-4-3-9(14)8-11(10)19-13/h3-4,8H,2,5-7,14H2,1H3,(H,15,16,17). The lowest BCUT2D eigenvalue weighted by atomic mass is 10.3. The van der Waals surface area contributed by atoms with E-state index in [0.717, 1.165) is 16.6 Å². The number of fused-ring (bicyclic) bond motifs is 1. The molecule has 5 nitrogen and oxygen atoms in total. The van der Waals surface area contributed by atoms with E-state index in [-0.39, 0.29) is 5.91 Å². The summed E-state index contributed by atoms with van der Waals surface area (Å²) in [6, 6.07) is 5.50. The van der Waals surface area contributed by atoms with Crippen molar-refractivity contribution < 1.29 is 9.53 Å². The maximum atomic E-state index is 11.7. The fourth-order valence-corrected chi connectivity index (χ4v) is 2.52. The number of benzene rings is 1. The van der Waals surface area contributed by atoms with Crippen LogP contribution in [0.1, 0.15) is 19.8 Å². The summed E-state index contributed by atoms with van der Waals surface area (Å²) in [5, 5.41) is 3.37. The van der Waals surface area contributed by atoms with Gasteiger partial charge in [0.2, 0.25) is 5.91 Å². The van der Waals surface area contributed by atoms with Crippen molar-refractivity contribution in [2.75, 3.05) is 24.3 Å². The van der Waals surface area contributed by atoms with Crippen LogP contribution in [0, 0.1) is 0 Å². The number of anilines is 2. The van der Waals surface area contributed by atoms with Gasteiger partial charge in [0.05, 0.1) is 23.2 Å². The topological polar surface area (TPSA) is 77.2 Å². The normalized spacial score (nSPS) is 10.8. The van der Waals surface area contributed by atoms with E-state index in [2.05, 4.69) is 10.3 Å². The first-order valence-corrected chi connectivity index (χ1v) is 7.04. The molecule has 2 rings (SSSR count). The second kappa shape index (κ2) is 6.49. The number of amides is 1. The molecule has 0 aliphatic carbocycles. The van der Waals surface area contributed by atoms with E-state index in [1.54, 1.807) is 6.07 Å². The van der Waals surface area contributed by atoms with Crippen molar-refractivity contribution in [3.05, 3.63) is 18.2 Å². The minimum absolute atomic E-state index is 0.0804. The molecule has 0 saturated carbocycles. The van der Waals surface area contributed by atoms with Gasteiger partial charge in [0, 0.05) is 12.3 Å². The quantitative estimate of drug-likeness (QED) is 0.629. The zero-order valence-corrected chi connectivity index (χ0v) is 11.6. The summed E-state index contributed by atoms with van der Waals surface area (Å²) in [5.41, 5.74) is 7.24. The molecule has 1 amide bonds. The second-order valence-corrected chi connectivity index (χ2v) is 5.19. The average molecular weight is 279 g/mol. The van der Waals surface area contributed by atoms with Gasteiger partial charge in [-0.2, -0.15) is 0 Å². The summed E-state index contributed by atoms with van der Waals surface area (Å²) in [7, 11) is 0. The van der Waals surface area contributed by atoms with E-state index in [4.69, 9.17) is 10.5 Å². The Bertz CT molecular complexity index is 568. The van der Waals surface area contributed by atoms with Crippen LogP contribution in [0.15, 0.2) is 18.2 Å². The van der Waals surface area contributed by atoms with Crippen molar-refractivity contribution in [3.8, 4) is 0 Å². The molecule has 1 aromatic carbocycles. The Morgan fingerprint density at radius 2 is 2.32 bits per heavy atom. The number of thiazole rings is 1. The van der Waals surface area contributed by atoms with Crippen molar-refractivity contribution in [1.29, 1.82) is 0 Å². The van der Waals surface area contributed by atoms with Gasteiger partial charge in [-0.15, -0.1) is 0 Å². The Hall–Kier alpha value is -1.66. The summed E-state index contributed by atoms with van der Waals surface area (Å²) in [6.45, 7) is 3.16. The molecule has 1 heterocycles. The van der Waals surface area contributed by atoms with Crippen LogP contribution in [0.2, 0.25) is 0 Å². The molecule has 0 unspecified atom stereocenters. The van der Waals surface area contributed by atoms with E-state index < -0.39 is 0 Å². The zero-order valence-electron chi connectivity index (χ0n) is 10.8. The minimum Gasteiger partial charge on any atom is -0.399 e. The number of aromatic nitrogens is 1. The highest BCUT2D eigenvalue weighted by Gasteiger charge is 2.07. The number of nitrogens with one attached hydrogen (secondary N) is 1. The van der Waals surface area contributed by atoms with Crippen molar-refractivity contribution in [1.82, 2.24) is 4.98 Å². The van der Waals surface area contributed by atoms with E-state index in [1.165, 1.54) is 11.3 Å². The lowest BCUT2D eigenvalue weighted by molar-refractivity contribution is -0.117. The Balaban J connectivity index is 1.91. The van der Waals surface area contributed by atoms with E-state index in [9.17, 15) is 4.79 Å². The molecule has 19 heavy (non-hydrogen) atoms. The molecule has 0 radical (unpaired) electrons. The monoisotopic (exact) mass is 279 g/mol. The van der Waals surface area contributed by atoms with Gasteiger partial charge in [0.1, 0.15) is 0 Å². The summed E-state index contributed by atoms with van der Waals surface area (Å²) < 4.78 is 6.24. The maximum Gasteiger partial charge on any atom is 0.228 e. The smallest absolute Gasteiger partial charge is 0.228 e. The number of nitrogens with zero attached hydrogens (tertiary/aromatic N) is 1. The van der Waals surface area contributed by atoms with Gasteiger partial charge in [-0.05, 0) is 24.6 Å². The van der Waals surface area contributed by atoms with E-state index in [0.29, 0.717) is 30.5 Å². The number of carbonyl (C=O) groups excluding carboxylic acids is 1.